The van der Waals surface area contributed by atoms with Crippen LogP contribution in [0, 0.1) is 0 Å². The Morgan fingerprint density at radius 3 is 1.01 bits per heavy atom. The van der Waals surface area contributed by atoms with E-state index in [1.54, 1.807) is 0 Å². The van der Waals surface area contributed by atoms with Crippen LogP contribution in [-0.4, -0.2) is 74.9 Å². The van der Waals surface area contributed by atoms with Gasteiger partial charge >= 0.3 is 19.8 Å². The number of rotatable bonds is 60. The van der Waals surface area contributed by atoms with E-state index in [0.717, 1.165) is 38.5 Å². The molecule has 0 aromatic carbocycles. The maximum atomic E-state index is 12.8. The van der Waals surface area contributed by atoms with Gasteiger partial charge in [-0.2, -0.15) is 0 Å². The van der Waals surface area contributed by atoms with Crippen LogP contribution in [0.4, 0.5) is 0 Å². The molecule has 434 valence electrons. The molecule has 0 fully saturated rings. The molecule has 0 aliphatic heterocycles. The van der Waals surface area contributed by atoms with Crippen LogP contribution in [0.3, 0.4) is 0 Å². The number of hydrogen-bond acceptors (Lipinski definition) is 7. The molecule has 0 aromatic rings. The highest BCUT2D eigenvalue weighted by Crippen LogP contribution is 2.43. The molecule has 0 aromatic heterocycles. The molecule has 0 aliphatic rings. The Kier molecular flexibility index (Phi) is 54.6. The third-order valence-corrected chi connectivity index (χ3v) is 15.5. The minimum absolute atomic E-state index is 0.0362. The highest BCUT2D eigenvalue weighted by Gasteiger charge is 2.27. The normalized spacial score (nSPS) is 13.2. The smallest absolute Gasteiger partial charge is 0.462 e. The lowest BCUT2D eigenvalue weighted by Gasteiger charge is -2.24. The third-order valence-electron chi connectivity index (χ3n) is 14.5. The van der Waals surface area contributed by atoms with Gasteiger partial charge < -0.3 is 18.9 Å². The summed E-state index contributed by atoms with van der Waals surface area (Å²) in [6.07, 6.45) is 66.5. The summed E-state index contributed by atoms with van der Waals surface area (Å²) in [5, 5.41) is 0. The van der Waals surface area contributed by atoms with Crippen molar-refractivity contribution in [2.75, 3.05) is 47.5 Å². The molecule has 10 heteroatoms. The number of carbonyl (C=O) groups is 2. The molecule has 1 N–H and O–H groups in total. The number of phosphoric ester groups is 1. The third kappa shape index (κ3) is 59.8. The fraction of sp³-hybridized carbons (Fsp3) is 0.937. The Morgan fingerprint density at radius 1 is 0.411 bits per heavy atom. The molecular weight excluding hydrogens is 930 g/mol. The van der Waals surface area contributed by atoms with E-state index in [4.69, 9.17) is 18.5 Å². The fourth-order valence-electron chi connectivity index (χ4n) is 9.60. The van der Waals surface area contributed by atoms with Crippen molar-refractivity contribution in [2.45, 2.75) is 335 Å². The zero-order valence-corrected chi connectivity index (χ0v) is 50.3. The molecule has 0 rings (SSSR count). The van der Waals surface area contributed by atoms with Crippen molar-refractivity contribution in [1.82, 2.24) is 0 Å². The van der Waals surface area contributed by atoms with Gasteiger partial charge in [-0.05, 0) is 38.5 Å². The lowest BCUT2D eigenvalue weighted by molar-refractivity contribution is -0.870. The Bertz CT molecular complexity index is 1240. The zero-order valence-electron chi connectivity index (χ0n) is 49.4. The van der Waals surface area contributed by atoms with E-state index < -0.39 is 26.5 Å². The Morgan fingerprint density at radius 2 is 0.699 bits per heavy atom. The van der Waals surface area contributed by atoms with Crippen molar-refractivity contribution >= 4 is 19.8 Å². The molecule has 0 amide bonds. The molecule has 0 radical (unpaired) electrons. The number of allylic oxidation sites excluding steroid dienone is 2. The summed E-state index contributed by atoms with van der Waals surface area (Å²) in [4.78, 5) is 35.4. The molecule has 2 atom stereocenters. The second-order valence-electron chi connectivity index (χ2n) is 23.2. The van der Waals surface area contributed by atoms with Gasteiger partial charge in [-0.15, -0.1) is 0 Å². The monoisotopic (exact) mass is 1050 g/mol. The van der Waals surface area contributed by atoms with Gasteiger partial charge in [0.2, 0.25) is 0 Å². The summed E-state index contributed by atoms with van der Waals surface area (Å²) in [7, 11) is 1.50. The Hall–Kier alpha value is -1.25. The van der Waals surface area contributed by atoms with Crippen molar-refractivity contribution in [3.63, 3.8) is 0 Å². The van der Waals surface area contributed by atoms with E-state index >= 15 is 0 Å². The minimum atomic E-state index is -4.37. The summed E-state index contributed by atoms with van der Waals surface area (Å²) < 4.78 is 34.4. The largest absolute Gasteiger partial charge is 0.472 e. The van der Waals surface area contributed by atoms with E-state index in [0.29, 0.717) is 17.4 Å². The van der Waals surface area contributed by atoms with Crippen LogP contribution in [0.1, 0.15) is 328 Å². The van der Waals surface area contributed by atoms with E-state index in [2.05, 4.69) is 26.0 Å². The van der Waals surface area contributed by atoms with Crippen molar-refractivity contribution in [3.8, 4) is 0 Å². The number of esters is 2. The van der Waals surface area contributed by atoms with Gasteiger partial charge in [-0.3, -0.25) is 18.6 Å². The molecule has 0 spiro atoms. The standard InChI is InChI=1S/C63H124NO8P/c1-6-8-10-12-14-16-17-18-19-20-21-22-23-24-25-26-27-28-29-30-31-32-33-34-35-36-37-38-39-40-41-42-43-44-45-46-47-48-50-52-54-56-63(66)72-61(60-71-73(67,68)70-58-57-64(3,4)5)59-69-62(65)55-53-51-49-15-13-11-9-7-2/h20-21,61H,6-19,22-60H2,1-5H3/p+1/b21-20-. The first-order valence-electron chi connectivity index (χ1n) is 31.9. The summed E-state index contributed by atoms with van der Waals surface area (Å²) >= 11 is 0. The van der Waals surface area contributed by atoms with Gasteiger partial charge in [-0.1, -0.05) is 289 Å². The second kappa shape index (κ2) is 55.5. The van der Waals surface area contributed by atoms with Crippen LogP contribution < -0.4 is 0 Å². The lowest BCUT2D eigenvalue weighted by atomic mass is 10.0. The highest BCUT2D eigenvalue weighted by molar-refractivity contribution is 7.47. The number of nitrogens with zero attached hydrogens (tertiary/aromatic N) is 1. The number of unbranched alkanes of at least 4 members (excludes halogenated alkanes) is 44. The highest BCUT2D eigenvalue weighted by atomic mass is 31.2. The van der Waals surface area contributed by atoms with Crippen molar-refractivity contribution < 1.29 is 42.1 Å². The van der Waals surface area contributed by atoms with Crippen molar-refractivity contribution in [1.29, 1.82) is 0 Å². The molecule has 2 unspecified atom stereocenters. The molecule has 0 saturated heterocycles. The van der Waals surface area contributed by atoms with Crippen molar-refractivity contribution in [3.05, 3.63) is 12.2 Å². The van der Waals surface area contributed by atoms with Crippen LogP contribution >= 0.6 is 7.82 Å². The minimum Gasteiger partial charge on any atom is -0.462 e. The molecular formula is C63H125NO8P+. The number of hydrogen-bond donors (Lipinski definition) is 1. The van der Waals surface area contributed by atoms with Gasteiger partial charge in [0.15, 0.2) is 6.10 Å². The summed E-state index contributed by atoms with van der Waals surface area (Å²) in [5.74, 6) is -0.785. The molecule has 0 aliphatic carbocycles. The first-order valence-corrected chi connectivity index (χ1v) is 33.4. The van der Waals surface area contributed by atoms with Gasteiger partial charge in [-0.25, -0.2) is 4.57 Å². The second-order valence-corrected chi connectivity index (χ2v) is 24.6. The predicted molar refractivity (Wildman–Crippen MR) is 312 cm³/mol. The van der Waals surface area contributed by atoms with Crippen LogP contribution in [0.2, 0.25) is 0 Å². The fourth-order valence-corrected chi connectivity index (χ4v) is 10.3. The number of phosphoric acid groups is 1. The first kappa shape index (κ1) is 71.8. The molecule has 0 heterocycles. The van der Waals surface area contributed by atoms with Crippen LogP contribution in [0.5, 0.6) is 0 Å². The van der Waals surface area contributed by atoms with E-state index in [9.17, 15) is 19.0 Å². The number of carbonyl (C=O) groups excluding carboxylic acids is 2. The maximum absolute atomic E-state index is 12.8. The lowest BCUT2D eigenvalue weighted by Crippen LogP contribution is -2.37. The van der Waals surface area contributed by atoms with Crippen molar-refractivity contribution in [2.24, 2.45) is 0 Å². The van der Waals surface area contributed by atoms with Gasteiger partial charge in [0.25, 0.3) is 0 Å². The molecule has 73 heavy (non-hydrogen) atoms. The van der Waals surface area contributed by atoms with Gasteiger partial charge in [0.05, 0.1) is 27.7 Å². The Balaban J connectivity index is 3.72. The molecule has 0 saturated carbocycles. The summed E-state index contributed by atoms with van der Waals surface area (Å²) in [6, 6.07) is 0. The van der Waals surface area contributed by atoms with Gasteiger partial charge in [0.1, 0.15) is 19.8 Å². The maximum Gasteiger partial charge on any atom is 0.472 e. The summed E-state index contributed by atoms with van der Waals surface area (Å²) in [6.45, 7) is 4.44. The average molecular weight is 1060 g/mol. The van der Waals surface area contributed by atoms with Gasteiger partial charge in [0, 0.05) is 12.8 Å². The SMILES string of the molecule is CCCCCCCCCC/C=C\CCCCCCCCCCCCCCCCCCCCCCCCCCCCCCCC(=O)OC(COC(=O)CCCCCCCCCC)COP(=O)(O)OCC[N+](C)(C)C. The van der Waals surface area contributed by atoms with E-state index in [1.807, 2.05) is 21.1 Å². The quantitative estimate of drug-likeness (QED) is 0.0211. The van der Waals surface area contributed by atoms with Crippen LogP contribution in [0.25, 0.3) is 0 Å². The zero-order chi connectivity index (χ0) is 53.5. The Labute approximate surface area is 454 Å². The number of likely N-dealkylation sites (N-methyl/N-ethyl adjacent to an activating group) is 1. The topological polar surface area (TPSA) is 108 Å². The predicted octanol–water partition coefficient (Wildman–Crippen LogP) is 20.0. The number of ether oxygens (including phenoxy) is 2. The first-order chi connectivity index (χ1) is 35.5. The summed E-state index contributed by atoms with van der Waals surface area (Å²) in [5.41, 5.74) is 0. The molecule has 0 bridgehead atoms. The number of quaternary nitrogens is 1. The average Bonchev–Trinajstić information content (AvgIpc) is 3.35. The van der Waals surface area contributed by atoms with E-state index in [1.165, 1.54) is 263 Å². The van der Waals surface area contributed by atoms with E-state index in [-0.39, 0.29) is 25.6 Å². The van der Waals surface area contributed by atoms with Crippen LogP contribution in [-0.2, 0) is 32.7 Å². The van der Waals surface area contributed by atoms with Crippen LogP contribution in [0.15, 0.2) is 12.2 Å². The molecule has 9 nitrogen and oxygen atoms in total.